The first-order valence-corrected chi connectivity index (χ1v) is 5.46. The van der Waals surface area contributed by atoms with E-state index in [9.17, 15) is 9.59 Å². The second-order valence-corrected chi connectivity index (χ2v) is 3.88. The molecule has 2 N–H and O–H groups in total. The van der Waals surface area contributed by atoms with Crippen LogP contribution < -0.4 is 4.74 Å². The molecular weight excluding hydrogens is 250 g/mol. The van der Waals surface area contributed by atoms with Crippen LogP contribution in [0.4, 0.5) is 0 Å². The summed E-state index contributed by atoms with van der Waals surface area (Å²) in [5.74, 6) is -2.45. The molecule has 19 heavy (non-hydrogen) atoms. The summed E-state index contributed by atoms with van der Waals surface area (Å²) < 4.78 is 5.06. The minimum Gasteiger partial charge on any atom is -0.502 e. The molecule has 0 radical (unpaired) electrons. The molecule has 0 spiro atoms. The van der Waals surface area contributed by atoms with Gasteiger partial charge in [0.05, 0.1) is 13.2 Å². The molecule has 1 aromatic rings. The summed E-state index contributed by atoms with van der Waals surface area (Å²) in [5.41, 5.74) is 0.832. The molecule has 0 aliphatic carbocycles. The Bertz CT molecular complexity index is 510. The van der Waals surface area contributed by atoms with Crippen molar-refractivity contribution >= 4 is 11.9 Å². The minimum atomic E-state index is -1.54. The molecule has 6 nitrogen and oxygen atoms in total. The number of amides is 1. The van der Waals surface area contributed by atoms with E-state index in [1.165, 1.54) is 11.9 Å². The number of hydrogen-bond donors (Lipinski definition) is 2. The lowest BCUT2D eigenvalue weighted by Crippen LogP contribution is -2.25. The predicted octanol–water partition coefficient (Wildman–Crippen LogP) is 1.18. The fourth-order valence-electron chi connectivity index (χ4n) is 1.41. The van der Waals surface area contributed by atoms with Crippen molar-refractivity contribution in [1.82, 2.24) is 4.90 Å². The Morgan fingerprint density at radius 3 is 2.63 bits per heavy atom. The third kappa shape index (κ3) is 4.34. The van der Waals surface area contributed by atoms with Gasteiger partial charge >= 0.3 is 5.97 Å². The van der Waals surface area contributed by atoms with E-state index in [1.807, 2.05) is 6.07 Å². The van der Waals surface area contributed by atoms with E-state index in [4.69, 9.17) is 14.9 Å². The minimum absolute atomic E-state index is 0.277. The number of nitrogens with zero attached hydrogens (tertiary/aromatic N) is 1. The fourth-order valence-corrected chi connectivity index (χ4v) is 1.41. The van der Waals surface area contributed by atoms with Crippen molar-refractivity contribution in [2.75, 3.05) is 14.2 Å². The largest absolute Gasteiger partial charge is 0.502 e. The fraction of sp³-hybridized carbons (Fsp3) is 0.231. The molecule has 0 aliphatic rings. The Labute approximate surface area is 110 Å². The maximum Gasteiger partial charge on any atom is 0.371 e. The predicted molar refractivity (Wildman–Crippen MR) is 67.8 cm³/mol. The highest BCUT2D eigenvalue weighted by Crippen LogP contribution is 2.14. The van der Waals surface area contributed by atoms with E-state index in [-0.39, 0.29) is 6.54 Å². The normalized spacial score (nSPS) is 10.9. The van der Waals surface area contributed by atoms with Crippen LogP contribution in [0.5, 0.6) is 5.75 Å². The first-order chi connectivity index (χ1) is 8.93. The molecule has 1 amide bonds. The van der Waals surface area contributed by atoms with Crippen LogP contribution in [0, 0.1) is 0 Å². The Hall–Kier alpha value is -2.50. The van der Waals surface area contributed by atoms with Crippen molar-refractivity contribution in [2.24, 2.45) is 0 Å². The van der Waals surface area contributed by atoms with E-state index in [2.05, 4.69) is 0 Å². The van der Waals surface area contributed by atoms with E-state index in [0.29, 0.717) is 11.8 Å². The molecule has 0 unspecified atom stereocenters. The second kappa shape index (κ2) is 6.44. The van der Waals surface area contributed by atoms with E-state index < -0.39 is 17.6 Å². The zero-order chi connectivity index (χ0) is 14.4. The van der Waals surface area contributed by atoms with Crippen LogP contribution >= 0.6 is 0 Å². The first kappa shape index (κ1) is 14.6. The van der Waals surface area contributed by atoms with Crippen molar-refractivity contribution in [3.05, 3.63) is 41.7 Å². The van der Waals surface area contributed by atoms with Gasteiger partial charge in [0.2, 0.25) is 5.76 Å². The third-order valence-electron chi connectivity index (χ3n) is 2.41. The molecule has 0 saturated heterocycles. The summed E-state index contributed by atoms with van der Waals surface area (Å²) in [5, 5.41) is 17.5. The molecule has 0 heterocycles. The lowest BCUT2D eigenvalue weighted by Gasteiger charge is -2.15. The number of carboxylic acids is 1. The Kier molecular flexibility index (Phi) is 4.93. The van der Waals surface area contributed by atoms with Crippen LogP contribution in [0.25, 0.3) is 0 Å². The summed E-state index contributed by atoms with van der Waals surface area (Å²) in [6.07, 6.45) is 0.669. The molecule has 0 atom stereocenters. The van der Waals surface area contributed by atoms with Gasteiger partial charge in [-0.05, 0) is 17.7 Å². The Morgan fingerprint density at radius 2 is 2.05 bits per heavy atom. The molecule has 1 rings (SSSR count). The number of benzene rings is 1. The van der Waals surface area contributed by atoms with Crippen LogP contribution in [0.3, 0.4) is 0 Å². The summed E-state index contributed by atoms with van der Waals surface area (Å²) in [4.78, 5) is 23.3. The number of hydrogen-bond acceptors (Lipinski definition) is 4. The molecule has 1 aromatic carbocycles. The van der Waals surface area contributed by atoms with Gasteiger partial charge in [0, 0.05) is 13.6 Å². The molecule has 0 aromatic heterocycles. The van der Waals surface area contributed by atoms with Crippen LogP contribution in [-0.4, -0.2) is 41.1 Å². The van der Waals surface area contributed by atoms with Crippen molar-refractivity contribution in [3.8, 4) is 5.75 Å². The zero-order valence-corrected chi connectivity index (χ0v) is 10.7. The van der Waals surface area contributed by atoms with Crippen molar-refractivity contribution in [2.45, 2.75) is 6.54 Å². The number of aliphatic carboxylic acids is 1. The number of aliphatic hydroxyl groups excluding tert-OH is 1. The highest BCUT2D eigenvalue weighted by atomic mass is 16.5. The Morgan fingerprint density at radius 1 is 1.37 bits per heavy atom. The van der Waals surface area contributed by atoms with Gasteiger partial charge in [-0.2, -0.15) is 0 Å². The molecule has 0 aliphatic heterocycles. The molecule has 0 bridgehead atoms. The molecule has 0 fully saturated rings. The van der Waals surface area contributed by atoms with Gasteiger partial charge in [-0.3, -0.25) is 4.79 Å². The average Bonchev–Trinajstić information content (AvgIpc) is 2.38. The van der Waals surface area contributed by atoms with Crippen LogP contribution in [0.1, 0.15) is 5.56 Å². The van der Waals surface area contributed by atoms with E-state index in [1.54, 1.807) is 25.3 Å². The van der Waals surface area contributed by atoms with Crippen LogP contribution in [0.15, 0.2) is 36.1 Å². The number of likely N-dealkylation sites (N-methyl/N-ethyl adjacent to an activating group) is 1. The summed E-state index contributed by atoms with van der Waals surface area (Å²) in [6.45, 7) is 0.277. The zero-order valence-electron chi connectivity index (χ0n) is 10.7. The van der Waals surface area contributed by atoms with Gasteiger partial charge in [-0.25, -0.2) is 4.79 Å². The van der Waals surface area contributed by atoms with Gasteiger partial charge in [-0.1, -0.05) is 12.1 Å². The number of rotatable bonds is 5. The number of methoxy groups -OCH3 is 1. The third-order valence-corrected chi connectivity index (χ3v) is 2.41. The molecular formula is C13H15NO5. The lowest BCUT2D eigenvalue weighted by atomic mass is 10.2. The van der Waals surface area contributed by atoms with E-state index in [0.717, 1.165) is 5.56 Å². The average molecular weight is 265 g/mol. The van der Waals surface area contributed by atoms with Crippen molar-refractivity contribution < 1.29 is 24.5 Å². The summed E-state index contributed by atoms with van der Waals surface area (Å²) >= 11 is 0. The SMILES string of the molecule is COc1cccc(CN(C)C(=O)C=C(O)C(=O)O)c1. The summed E-state index contributed by atoms with van der Waals surface area (Å²) in [6, 6.07) is 7.15. The number of carbonyl (C=O) groups excluding carboxylic acids is 1. The standard InChI is InChI=1S/C13H15NO5/c1-14(12(16)7-11(15)13(17)18)8-9-4-3-5-10(6-9)19-2/h3-7,15H,8H2,1-2H3,(H,17,18). The van der Waals surface area contributed by atoms with Gasteiger partial charge in [0.25, 0.3) is 5.91 Å². The number of carbonyl (C=O) groups is 2. The maximum atomic E-state index is 11.6. The van der Waals surface area contributed by atoms with Gasteiger partial charge < -0.3 is 19.8 Å². The topological polar surface area (TPSA) is 87.1 Å². The van der Waals surface area contributed by atoms with Crippen LogP contribution in [-0.2, 0) is 16.1 Å². The lowest BCUT2D eigenvalue weighted by molar-refractivity contribution is -0.136. The smallest absolute Gasteiger partial charge is 0.371 e. The molecule has 102 valence electrons. The Balaban J connectivity index is 2.73. The quantitative estimate of drug-likeness (QED) is 0.616. The first-order valence-electron chi connectivity index (χ1n) is 5.46. The monoisotopic (exact) mass is 265 g/mol. The summed E-state index contributed by atoms with van der Waals surface area (Å²) in [7, 11) is 3.05. The highest BCUT2D eigenvalue weighted by molar-refractivity contribution is 5.95. The molecule has 0 saturated carbocycles. The van der Waals surface area contributed by atoms with Crippen molar-refractivity contribution in [3.63, 3.8) is 0 Å². The van der Waals surface area contributed by atoms with Gasteiger partial charge in [0.15, 0.2) is 0 Å². The number of carboxylic acid groups (broad SMARTS) is 1. The van der Waals surface area contributed by atoms with Gasteiger partial charge in [0.1, 0.15) is 5.75 Å². The van der Waals surface area contributed by atoms with E-state index >= 15 is 0 Å². The number of ether oxygens (including phenoxy) is 1. The molecule has 6 heteroatoms. The van der Waals surface area contributed by atoms with Crippen LogP contribution in [0.2, 0.25) is 0 Å². The maximum absolute atomic E-state index is 11.6. The van der Waals surface area contributed by atoms with Crippen molar-refractivity contribution in [1.29, 1.82) is 0 Å². The highest BCUT2D eigenvalue weighted by Gasteiger charge is 2.11. The second-order valence-electron chi connectivity index (χ2n) is 3.88. The number of aliphatic hydroxyl groups is 1. The van der Waals surface area contributed by atoms with Gasteiger partial charge in [-0.15, -0.1) is 0 Å².